The van der Waals surface area contributed by atoms with Crippen LogP contribution in [0.5, 0.6) is 0 Å². The van der Waals surface area contributed by atoms with Crippen LogP contribution in [0, 0.1) is 11.6 Å². The SMILES string of the molecule is C[C@@H](Sc1nnc(-c2ccccc2)o1)C(=O)Nc1cc(F)ccc1F. The summed E-state index contributed by atoms with van der Waals surface area (Å²) in [4.78, 5) is 12.1. The van der Waals surface area contributed by atoms with Crippen LogP contribution in [0.25, 0.3) is 11.5 Å². The molecule has 3 rings (SSSR count). The van der Waals surface area contributed by atoms with Gasteiger partial charge in [0.15, 0.2) is 0 Å². The van der Waals surface area contributed by atoms with E-state index in [0.717, 1.165) is 35.5 Å². The lowest BCUT2D eigenvalue weighted by atomic mass is 10.2. The average molecular weight is 361 g/mol. The van der Waals surface area contributed by atoms with Crippen molar-refractivity contribution in [1.29, 1.82) is 0 Å². The summed E-state index contributed by atoms with van der Waals surface area (Å²) in [7, 11) is 0. The van der Waals surface area contributed by atoms with Gasteiger partial charge in [-0.2, -0.15) is 0 Å². The molecule has 1 heterocycles. The Labute approximate surface area is 146 Å². The van der Waals surface area contributed by atoms with Crippen molar-refractivity contribution < 1.29 is 18.0 Å². The number of carbonyl (C=O) groups excluding carboxylic acids is 1. The molecule has 0 bridgehead atoms. The summed E-state index contributed by atoms with van der Waals surface area (Å²) in [6.07, 6.45) is 0. The molecule has 1 aromatic heterocycles. The third kappa shape index (κ3) is 4.21. The summed E-state index contributed by atoms with van der Waals surface area (Å²) in [5, 5.41) is 9.72. The summed E-state index contributed by atoms with van der Waals surface area (Å²) in [6, 6.07) is 12.1. The number of hydrogen-bond donors (Lipinski definition) is 1. The van der Waals surface area contributed by atoms with Crippen molar-refractivity contribution in [3.63, 3.8) is 0 Å². The third-order valence-corrected chi connectivity index (χ3v) is 4.19. The van der Waals surface area contributed by atoms with E-state index in [1.165, 1.54) is 0 Å². The molecule has 2 aromatic carbocycles. The van der Waals surface area contributed by atoms with E-state index >= 15 is 0 Å². The number of amides is 1. The summed E-state index contributed by atoms with van der Waals surface area (Å²) >= 11 is 1.03. The van der Waals surface area contributed by atoms with E-state index in [1.54, 1.807) is 6.92 Å². The first-order chi connectivity index (χ1) is 12.0. The Bertz CT molecular complexity index is 887. The number of carbonyl (C=O) groups is 1. The molecule has 0 aliphatic heterocycles. The van der Waals surface area contributed by atoms with Crippen LogP contribution in [0.1, 0.15) is 6.92 Å². The zero-order valence-electron chi connectivity index (χ0n) is 13.1. The van der Waals surface area contributed by atoms with Gasteiger partial charge in [0.1, 0.15) is 11.6 Å². The quantitative estimate of drug-likeness (QED) is 0.692. The lowest BCUT2D eigenvalue weighted by Gasteiger charge is -2.10. The number of benzene rings is 2. The predicted octanol–water partition coefficient (Wildman–Crippen LogP) is 4.13. The highest BCUT2D eigenvalue weighted by molar-refractivity contribution is 8.00. The van der Waals surface area contributed by atoms with Crippen LogP contribution in [-0.2, 0) is 4.79 Å². The van der Waals surface area contributed by atoms with Gasteiger partial charge in [0.25, 0.3) is 5.22 Å². The van der Waals surface area contributed by atoms with Gasteiger partial charge in [0.2, 0.25) is 11.8 Å². The second kappa shape index (κ2) is 7.43. The molecule has 3 aromatic rings. The molecule has 0 saturated heterocycles. The van der Waals surface area contributed by atoms with E-state index in [-0.39, 0.29) is 10.9 Å². The zero-order chi connectivity index (χ0) is 17.8. The normalized spacial score (nSPS) is 12.0. The first-order valence-electron chi connectivity index (χ1n) is 7.34. The highest BCUT2D eigenvalue weighted by Crippen LogP contribution is 2.27. The van der Waals surface area contributed by atoms with Gasteiger partial charge in [0, 0.05) is 11.6 Å². The molecule has 128 valence electrons. The molecular weight excluding hydrogens is 348 g/mol. The van der Waals surface area contributed by atoms with Gasteiger partial charge < -0.3 is 9.73 Å². The maximum Gasteiger partial charge on any atom is 0.277 e. The fourth-order valence-electron chi connectivity index (χ4n) is 1.99. The Morgan fingerprint density at radius 2 is 1.92 bits per heavy atom. The number of nitrogens with zero attached hydrogens (tertiary/aromatic N) is 2. The number of rotatable bonds is 5. The van der Waals surface area contributed by atoms with E-state index < -0.39 is 22.8 Å². The fourth-order valence-corrected chi connectivity index (χ4v) is 2.67. The molecule has 5 nitrogen and oxygen atoms in total. The van der Waals surface area contributed by atoms with Crippen molar-refractivity contribution in [1.82, 2.24) is 10.2 Å². The van der Waals surface area contributed by atoms with Crippen LogP contribution in [0.4, 0.5) is 14.5 Å². The van der Waals surface area contributed by atoms with Crippen LogP contribution < -0.4 is 5.32 Å². The number of halogens is 2. The lowest BCUT2D eigenvalue weighted by molar-refractivity contribution is -0.115. The fraction of sp³-hybridized carbons (Fsp3) is 0.118. The van der Waals surface area contributed by atoms with Crippen molar-refractivity contribution in [3.8, 4) is 11.5 Å². The van der Waals surface area contributed by atoms with Crippen LogP contribution >= 0.6 is 11.8 Å². The maximum absolute atomic E-state index is 13.6. The molecule has 0 spiro atoms. The Kier molecular flexibility index (Phi) is 5.08. The molecule has 25 heavy (non-hydrogen) atoms. The van der Waals surface area contributed by atoms with Gasteiger partial charge in [-0.15, -0.1) is 10.2 Å². The number of hydrogen-bond acceptors (Lipinski definition) is 5. The molecule has 1 amide bonds. The molecule has 0 aliphatic carbocycles. The largest absolute Gasteiger partial charge is 0.411 e. The third-order valence-electron chi connectivity index (χ3n) is 3.26. The van der Waals surface area contributed by atoms with Gasteiger partial charge >= 0.3 is 0 Å². The van der Waals surface area contributed by atoms with E-state index in [9.17, 15) is 13.6 Å². The second-order valence-corrected chi connectivity index (χ2v) is 6.40. The molecule has 8 heteroatoms. The van der Waals surface area contributed by atoms with Crippen molar-refractivity contribution in [2.45, 2.75) is 17.4 Å². The minimum atomic E-state index is -0.712. The molecule has 0 radical (unpaired) electrons. The zero-order valence-corrected chi connectivity index (χ0v) is 13.9. The van der Waals surface area contributed by atoms with Crippen LogP contribution in [0.15, 0.2) is 58.2 Å². The molecule has 1 N–H and O–H groups in total. The van der Waals surface area contributed by atoms with Gasteiger partial charge in [0.05, 0.1) is 10.9 Å². The highest BCUT2D eigenvalue weighted by Gasteiger charge is 2.20. The minimum absolute atomic E-state index is 0.209. The summed E-state index contributed by atoms with van der Waals surface area (Å²) in [5.41, 5.74) is 0.550. The minimum Gasteiger partial charge on any atom is -0.411 e. The summed E-state index contributed by atoms with van der Waals surface area (Å²) in [6.45, 7) is 1.60. The van der Waals surface area contributed by atoms with E-state index in [1.807, 2.05) is 30.3 Å². The van der Waals surface area contributed by atoms with Crippen LogP contribution in [0.3, 0.4) is 0 Å². The molecule has 1 atom stereocenters. The Balaban J connectivity index is 1.66. The molecule has 0 unspecified atom stereocenters. The number of thioether (sulfide) groups is 1. The summed E-state index contributed by atoms with van der Waals surface area (Å²) < 4.78 is 32.2. The Morgan fingerprint density at radius 1 is 1.16 bits per heavy atom. The van der Waals surface area contributed by atoms with E-state index in [2.05, 4.69) is 15.5 Å². The van der Waals surface area contributed by atoms with Crippen molar-refractivity contribution in [2.75, 3.05) is 5.32 Å². The van der Waals surface area contributed by atoms with Gasteiger partial charge in [-0.3, -0.25) is 4.79 Å². The van der Waals surface area contributed by atoms with Gasteiger partial charge in [-0.1, -0.05) is 30.0 Å². The smallest absolute Gasteiger partial charge is 0.277 e. The topological polar surface area (TPSA) is 68.0 Å². The second-order valence-electron chi connectivity index (χ2n) is 5.11. The molecule has 0 aliphatic rings. The summed E-state index contributed by atoms with van der Waals surface area (Å²) in [5.74, 6) is -1.52. The number of anilines is 1. The number of nitrogens with one attached hydrogen (secondary N) is 1. The van der Waals surface area contributed by atoms with Crippen LogP contribution in [-0.4, -0.2) is 21.4 Å². The lowest BCUT2D eigenvalue weighted by Crippen LogP contribution is -2.23. The van der Waals surface area contributed by atoms with Crippen molar-refractivity contribution in [2.24, 2.45) is 0 Å². The molecule has 0 saturated carbocycles. The van der Waals surface area contributed by atoms with Gasteiger partial charge in [-0.05, 0) is 31.2 Å². The Hall–Kier alpha value is -2.74. The monoisotopic (exact) mass is 361 g/mol. The first kappa shape index (κ1) is 17.1. The predicted molar refractivity (Wildman–Crippen MR) is 90.0 cm³/mol. The number of aromatic nitrogens is 2. The molecule has 0 fully saturated rings. The maximum atomic E-state index is 13.6. The van der Waals surface area contributed by atoms with E-state index in [4.69, 9.17) is 4.42 Å². The Morgan fingerprint density at radius 3 is 2.68 bits per heavy atom. The van der Waals surface area contributed by atoms with Crippen molar-refractivity contribution >= 4 is 23.4 Å². The highest BCUT2D eigenvalue weighted by atomic mass is 32.2. The first-order valence-corrected chi connectivity index (χ1v) is 8.22. The van der Waals surface area contributed by atoms with E-state index in [0.29, 0.717) is 5.89 Å². The van der Waals surface area contributed by atoms with Crippen LogP contribution in [0.2, 0.25) is 0 Å². The average Bonchev–Trinajstić information content (AvgIpc) is 3.07. The van der Waals surface area contributed by atoms with Gasteiger partial charge in [-0.25, -0.2) is 8.78 Å². The standard InChI is InChI=1S/C17H13F2N3O2S/c1-10(15(23)20-14-9-12(18)7-8-13(14)19)25-17-22-21-16(24-17)11-5-3-2-4-6-11/h2-10H,1H3,(H,20,23)/t10-/m1/s1. The van der Waals surface area contributed by atoms with Crippen molar-refractivity contribution in [3.05, 3.63) is 60.2 Å². The molecular formula is C17H13F2N3O2S.